The molecule has 5 heteroatoms. The lowest BCUT2D eigenvalue weighted by atomic mass is 10.0. The lowest BCUT2D eigenvalue weighted by molar-refractivity contribution is -0.0563. The number of hydrogen-bond donors (Lipinski definition) is 2. The van der Waals surface area contributed by atoms with Gasteiger partial charge in [-0.1, -0.05) is 50.6 Å². The zero-order chi connectivity index (χ0) is 20.2. The van der Waals surface area contributed by atoms with E-state index in [9.17, 15) is 5.11 Å². The molecular weight excluding hydrogens is 356 g/mol. The lowest BCUT2D eigenvalue weighted by Crippen LogP contribution is -2.30. The molecule has 1 aromatic heterocycles. The van der Waals surface area contributed by atoms with Crippen LogP contribution in [0.2, 0.25) is 0 Å². The summed E-state index contributed by atoms with van der Waals surface area (Å²) in [5.74, 6) is 0.948. The van der Waals surface area contributed by atoms with E-state index in [-0.39, 0.29) is 24.9 Å². The fourth-order valence-corrected chi connectivity index (χ4v) is 3.25. The number of rotatable bonds is 9. The fourth-order valence-electron chi connectivity index (χ4n) is 3.25. The highest BCUT2D eigenvalue weighted by Crippen LogP contribution is 2.30. The molecule has 4 atom stereocenters. The molecular formula is C23H34O5. The summed E-state index contributed by atoms with van der Waals surface area (Å²) >= 11 is 0. The van der Waals surface area contributed by atoms with Crippen LogP contribution in [0.4, 0.5) is 0 Å². The maximum atomic E-state index is 9.79. The van der Waals surface area contributed by atoms with Gasteiger partial charge in [0.2, 0.25) is 0 Å². The normalized spacial score (nSPS) is 22.5. The van der Waals surface area contributed by atoms with Gasteiger partial charge in [-0.25, -0.2) is 0 Å². The summed E-state index contributed by atoms with van der Waals surface area (Å²) in [6.45, 7) is 4.51. The third kappa shape index (κ3) is 7.76. The van der Waals surface area contributed by atoms with E-state index in [2.05, 4.69) is 13.8 Å². The molecule has 1 unspecified atom stereocenters. The topological polar surface area (TPSA) is 72.1 Å². The van der Waals surface area contributed by atoms with Crippen LogP contribution in [0.25, 0.3) is 0 Å². The van der Waals surface area contributed by atoms with Crippen LogP contribution >= 0.6 is 0 Å². The van der Waals surface area contributed by atoms with Crippen LogP contribution in [-0.4, -0.2) is 41.2 Å². The summed E-state index contributed by atoms with van der Waals surface area (Å²) in [4.78, 5) is 0. The molecule has 28 heavy (non-hydrogen) atoms. The number of aliphatic hydroxyl groups is 2. The second-order valence-corrected chi connectivity index (χ2v) is 7.26. The summed E-state index contributed by atoms with van der Waals surface area (Å²) in [6, 6.07) is 13.9. The summed E-state index contributed by atoms with van der Waals surface area (Å²) < 4.78 is 17.5. The minimum atomic E-state index is -0.781. The van der Waals surface area contributed by atoms with E-state index >= 15 is 0 Å². The van der Waals surface area contributed by atoms with E-state index in [0.717, 1.165) is 30.6 Å². The minimum Gasteiger partial charge on any atom is -0.469 e. The van der Waals surface area contributed by atoms with E-state index in [1.807, 2.05) is 42.5 Å². The molecule has 0 bridgehead atoms. The highest BCUT2D eigenvalue weighted by molar-refractivity contribution is 5.13. The van der Waals surface area contributed by atoms with Crippen LogP contribution in [0.3, 0.4) is 0 Å². The Balaban J connectivity index is 0.000000878. The van der Waals surface area contributed by atoms with Gasteiger partial charge in [-0.15, -0.1) is 0 Å². The Morgan fingerprint density at radius 1 is 1.14 bits per heavy atom. The highest BCUT2D eigenvalue weighted by Gasteiger charge is 2.36. The molecule has 1 aromatic carbocycles. The molecule has 0 radical (unpaired) electrons. The number of benzene rings is 1. The molecule has 0 aliphatic carbocycles. The Kier molecular flexibility index (Phi) is 10.3. The molecule has 2 heterocycles. The highest BCUT2D eigenvalue weighted by atomic mass is 16.6. The zero-order valence-corrected chi connectivity index (χ0v) is 17.0. The van der Waals surface area contributed by atoms with Crippen molar-refractivity contribution in [3.8, 4) is 0 Å². The number of hydrogen-bond acceptors (Lipinski definition) is 5. The van der Waals surface area contributed by atoms with E-state index in [1.165, 1.54) is 6.42 Å². The van der Waals surface area contributed by atoms with Crippen LogP contribution in [0, 0.1) is 0 Å². The Bertz CT molecular complexity index is 613. The van der Waals surface area contributed by atoms with Gasteiger partial charge in [0.25, 0.3) is 0 Å². The maximum Gasteiger partial charge on any atom is 0.103 e. The molecule has 2 aromatic rings. The molecule has 0 spiro atoms. The largest absolute Gasteiger partial charge is 0.469 e. The Labute approximate surface area is 168 Å². The third-order valence-corrected chi connectivity index (χ3v) is 4.59. The molecule has 0 amide bonds. The quantitative estimate of drug-likeness (QED) is 0.674. The first-order valence-corrected chi connectivity index (χ1v) is 10.3. The van der Waals surface area contributed by atoms with Crippen molar-refractivity contribution in [2.45, 2.75) is 77.0 Å². The van der Waals surface area contributed by atoms with Gasteiger partial charge in [-0.2, -0.15) is 0 Å². The standard InChI is InChI=1S/C20H26O5.C3H8/c21-13-16(22)11-20-19(24-14-15-5-2-1-3-6-15)12-18(25-20)9-8-17-7-4-10-23-17;1-3-2/h1-7,10,16,18-22H,8-9,11-14H2;3H2,1-2H3/t16-,18?,19-,20-;/m1./s1. The molecule has 5 nitrogen and oxygen atoms in total. The maximum absolute atomic E-state index is 9.79. The number of aliphatic hydroxyl groups excluding tert-OH is 2. The van der Waals surface area contributed by atoms with Gasteiger partial charge in [0.05, 0.1) is 43.9 Å². The second kappa shape index (κ2) is 12.7. The van der Waals surface area contributed by atoms with E-state index < -0.39 is 6.10 Å². The first-order chi connectivity index (χ1) is 13.7. The molecule has 3 rings (SSSR count). The Morgan fingerprint density at radius 2 is 1.89 bits per heavy atom. The third-order valence-electron chi connectivity index (χ3n) is 4.59. The minimum absolute atomic E-state index is 0.0711. The number of furan rings is 1. The molecule has 1 aliphatic heterocycles. The van der Waals surface area contributed by atoms with Crippen LogP contribution in [0.15, 0.2) is 53.1 Å². The van der Waals surface area contributed by atoms with Gasteiger partial charge in [0.1, 0.15) is 5.76 Å². The molecule has 1 aliphatic rings. The SMILES string of the molecule is CCC.OC[C@H](O)C[C@H]1OC(CCc2ccco2)C[C@H]1OCc1ccccc1. The van der Waals surface area contributed by atoms with Gasteiger partial charge in [-0.3, -0.25) is 0 Å². The lowest BCUT2D eigenvalue weighted by Gasteiger charge is -2.21. The molecule has 156 valence electrons. The predicted octanol–water partition coefficient (Wildman–Crippen LogP) is 4.11. The van der Waals surface area contributed by atoms with Gasteiger partial charge in [0.15, 0.2) is 0 Å². The monoisotopic (exact) mass is 390 g/mol. The van der Waals surface area contributed by atoms with Crippen molar-refractivity contribution >= 4 is 0 Å². The molecule has 0 saturated carbocycles. The van der Waals surface area contributed by atoms with Crippen molar-refractivity contribution < 1.29 is 24.1 Å². The number of ether oxygens (including phenoxy) is 2. The summed E-state index contributed by atoms with van der Waals surface area (Å²) in [5.41, 5.74) is 1.11. The summed E-state index contributed by atoms with van der Waals surface area (Å²) in [5, 5.41) is 18.9. The van der Waals surface area contributed by atoms with Crippen molar-refractivity contribution in [2.24, 2.45) is 0 Å². The fraction of sp³-hybridized carbons (Fsp3) is 0.565. The van der Waals surface area contributed by atoms with E-state index in [4.69, 9.17) is 19.0 Å². The second-order valence-electron chi connectivity index (χ2n) is 7.26. The molecule has 2 N–H and O–H groups in total. The van der Waals surface area contributed by atoms with Crippen LogP contribution in [0.5, 0.6) is 0 Å². The van der Waals surface area contributed by atoms with Crippen LogP contribution < -0.4 is 0 Å². The first kappa shape index (κ1) is 22.6. The van der Waals surface area contributed by atoms with Gasteiger partial charge < -0.3 is 24.1 Å². The smallest absolute Gasteiger partial charge is 0.103 e. The summed E-state index contributed by atoms with van der Waals surface area (Å²) in [6.07, 6.45) is 4.78. The van der Waals surface area contributed by atoms with Crippen molar-refractivity contribution in [3.63, 3.8) is 0 Å². The van der Waals surface area contributed by atoms with E-state index in [0.29, 0.717) is 13.0 Å². The summed E-state index contributed by atoms with van der Waals surface area (Å²) in [7, 11) is 0. The Hall–Kier alpha value is -1.66. The van der Waals surface area contributed by atoms with E-state index in [1.54, 1.807) is 6.26 Å². The zero-order valence-electron chi connectivity index (χ0n) is 17.0. The van der Waals surface area contributed by atoms with Gasteiger partial charge in [0, 0.05) is 19.3 Å². The predicted molar refractivity (Wildman–Crippen MR) is 109 cm³/mol. The van der Waals surface area contributed by atoms with Crippen molar-refractivity contribution in [2.75, 3.05) is 6.61 Å². The number of aryl methyl sites for hydroxylation is 1. The van der Waals surface area contributed by atoms with Crippen molar-refractivity contribution in [3.05, 3.63) is 60.1 Å². The average molecular weight is 391 g/mol. The molecule has 1 saturated heterocycles. The Morgan fingerprint density at radius 3 is 2.54 bits per heavy atom. The van der Waals surface area contributed by atoms with Crippen molar-refractivity contribution in [1.82, 2.24) is 0 Å². The van der Waals surface area contributed by atoms with Crippen molar-refractivity contribution in [1.29, 1.82) is 0 Å². The van der Waals surface area contributed by atoms with Crippen LogP contribution in [-0.2, 0) is 22.5 Å². The van der Waals surface area contributed by atoms with Gasteiger partial charge >= 0.3 is 0 Å². The molecule has 1 fully saturated rings. The average Bonchev–Trinajstić information content (AvgIpc) is 3.36. The first-order valence-electron chi connectivity index (χ1n) is 10.3. The van der Waals surface area contributed by atoms with Crippen LogP contribution in [0.1, 0.15) is 50.9 Å². The van der Waals surface area contributed by atoms with Gasteiger partial charge in [-0.05, 0) is 24.1 Å².